The minimum absolute atomic E-state index is 0.279. The van der Waals surface area contributed by atoms with E-state index in [0.717, 1.165) is 4.47 Å². The van der Waals surface area contributed by atoms with Crippen LogP contribution in [0.4, 0.5) is 8.78 Å². The third kappa shape index (κ3) is 3.87. The van der Waals surface area contributed by atoms with Crippen molar-refractivity contribution in [3.05, 3.63) is 69.7 Å². The zero-order valence-electron chi connectivity index (χ0n) is 11.2. The second-order valence-corrected chi connectivity index (χ2v) is 6.25. The van der Waals surface area contributed by atoms with Crippen LogP contribution in [0.25, 0.3) is 0 Å². The Kier molecular flexibility index (Phi) is 4.55. The van der Waals surface area contributed by atoms with E-state index in [2.05, 4.69) is 15.9 Å². The molecule has 0 aliphatic rings. The summed E-state index contributed by atoms with van der Waals surface area (Å²) in [6, 6.07) is 11.3. The van der Waals surface area contributed by atoms with Gasteiger partial charge < -0.3 is 5.73 Å². The van der Waals surface area contributed by atoms with E-state index in [-0.39, 0.29) is 11.6 Å². The lowest BCUT2D eigenvalue weighted by atomic mass is 9.87. The molecule has 0 amide bonds. The Morgan fingerprint density at radius 3 is 2.30 bits per heavy atom. The van der Waals surface area contributed by atoms with Crippen LogP contribution in [0.2, 0.25) is 0 Å². The van der Waals surface area contributed by atoms with Crippen molar-refractivity contribution in [1.82, 2.24) is 0 Å². The van der Waals surface area contributed by atoms with E-state index in [1.54, 1.807) is 37.3 Å². The fourth-order valence-electron chi connectivity index (χ4n) is 2.25. The summed E-state index contributed by atoms with van der Waals surface area (Å²) in [7, 11) is 0. The van der Waals surface area contributed by atoms with Crippen molar-refractivity contribution in [2.24, 2.45) is 5.73 Å². The van der Waals surface area contributed by atoms with Crippen LogP contribution in [-0.2, 0) is 12.8 Å². The summed E-state index contributed by atoms with van der Waals surface area (Å²) >= 11 is 3.31. The Labute approximate surface area is 125 Å². The van der Waals surface area contributed by atoms with Crippen LogP contribution >= 0.6 is 15.9 Å². The topological polar surface area (TPSA) is 26.0 Å². The number of nitrogens with two attached hydrogens (primary N) is 1. The molecule has 0 radical (unpaired) electrons. The highest BCUT2D eigenvalue weighted by Gasteiger charge is 2.23. The van der Waals surface area contributed by atoms with Crippen LogP contribution in [0.5, 0.6) is 0 Å². The largest absolute Gasteiger partial charge is 0.325 e. The van der Waals surface area contributed by atoms with Crippen LogP contribution in [-0.4, -0.2) is 5.54 Å². The number of hydrogen-bond acceptors (Lipinski definition) is 1. The first-order chi connectivity index (χ1) is 9.37. The van der Waals surface area contributed by atoms with Crippen LogP contribution in [0, 0.1) is 11.6 Å². The smallest absolute Gasteiger partial charge is 0.126 e. The zero-order valence-corrected chi connectivity index (χ0v) is 12.8. The summed E-state index contributed by atoms with van der Waals surface area (Å²) in [6.45, 7) is 1.81. The molecular formula is C16H16BrF2N. The van der Waals surface area contributed by atoms with E-state index in [4.69, 9.17) is 5.73 Å². The van der Waals surface area contributed by atoms with Crippen molar-refractivity contribution in [3.8, 4) is 0 Å². The molecule has 2 rings (SSSR count). The molecule has 0 spiro atoms. The number of halogens is 3. The van der Waals surface area contributed by atoms with Crippen molar-refractivity contribution >= 4 is 15.9 Å². The molecular weight excluding hydrogens is 324 g/mol. The highest BCUT2D eigenvalue weighted by molar-refractivity contribution is 9.10. The molecule has 1 unspecified atom stereocenters. The average molecular weight is 340 g/mol. The van der Waals surface area contributed by atoms with E-state index < -0.39 is 5.54 Å². The van der Waals surface area contributed by atoms with Gasteiger partial charge in [-0.2, -0.15) is 0 Å². The van der Waals surface area contributed by atoms with Gasteiger partial charge in [0.2, 0.25) is 0 Å². The molecule has 106 valence electrons. The maximum absolute atomic E-state index is 13.8. The van der Waals surface area contributed by atoms with Crippen LogP contribution in [0.1, 0.15) is 18.1 Å². The molecule has 2 N–H and O–H groups in total. The van der Waals surface area contributed by atoms with Crippen LogP contribution in [0.15, 0.2) is 46.9 Å². The lowest BCUT2D eigenvalue weighted by Gasteiger charge is -2.25. The molecule has 20 heavy (non-hydrogen) atoms. The standard InChI is InChI=1S/C16H16BrF2N/c1-16(20,9-11-4-2-3-5-14(11)18)10-12-8-13(17)6-7-15(12)19/h2-8H,9-10,20H2,1H3. The Morgan fingerprint density at radius 1 is 1.00 bits per heavy atom. The summed E-state index contributed by atoms with van der Waals surface area (Å²) in [5, 5.41) is 0. The molecule has 0 aliphatic heterocycles. The van der Waals surface area contributed by atoms with Crippen LogP contribution in [0.3, 0.4) is 0 Å². The zero-order chi connectivity index (χ0) is 14.8. The fourth-order valence-corrected chi connectivity index (χ4v) is 2.66. The van der Waals surface area contributed by atoms with Gasteiger partial charge in [-0.3, -0.25) is 0 Å². The minimum Gasteiger partial charge on any atom is -0.325 e. The molecule has 2 aromatic rings. The molecule has 2 aromatic carbocycles. The summed E-state index contributed by atoms with van der Waals surface area (Å²) in [5.41, 5.74) is 6.58. The van der Waals surface area contributed by atoms with E-state index in [0.29, 0.717) is 24.0 Å². The van der Waals surface area contributed by atoms with E-state index in [1.165, 1.54) is 12.1 Å². The monoisotopic (exact) mass is 339 g/mol. The predicted octanol–water partition coefficient (Wildman–Crippen LogP) is 4.23. The maximum atomic E-state index is 13.8. The quantitative estimate of drug-likeness (QED) is 0.886. The molecule has 1 nitrogen and oxygen atoms in total. The highest BCUT2D eigenvalue weighted by Crippen LogP contribution is 2.22. The van der Waals surface area contributed by atoms with Gasteiger partial charge in [0.1, 0.15) is 11.6 Å². The molecule has 4 heteroatoms. The summed E-state index contributed by atoms with van der Waals surface area (Å²) in [4.78, 5) is 0. The van der Waals surface area contributed by atoms with Gasteiger partial charge in [0.15, 0.2) is 0 Å². The van der Waals surface area contributed by atoms with Crippen molar-refractivity contribution in [3.63, 3.8) is 0 Å². The third-order valence-electron chi connectivity index (χ3n) is 3.15. The van der Waals surface area contributed by atoms with Crippen molar-refractivity contribution in [2.45, 2.75) is 25.3 Å². The summed E-state index contributed by atoms with van der Waals surface area (Å²) < 4.78 is 28.2. The van der Waals surface area contributed by atoms with Gasteiger partial charge >= 0.3 is 0 Å². The number of rotatable bonds is 4. The molecule has 0 heterocycles. The normalized spacial score (nSPS) is 14.1. The van der Waals surface area contributed by atoms with Crippen molar-refractivity contribution in [1.29, 1.82) is 0 Å². The van der Waals surface area contributed by atoms with Gasteiger partial charge in [-0.1, -0.05) is 34.1 Å². The Balaban J connectivity index is 2.19. The number of hydrogen-bond donors (Lipinski definition) is 1. The Bertz CT molecular complexity index is 611. The van der Waals surface area contributed by atoms with Gasteiger partial charge in [0, 0.05) is 10.0 Å². The molecule has 1 atom stereocenters. The highest BCUT2D eigenvalue weighted by atomic mass is 79.9. The minimum atomic E-state index is -0.718. The van der Waals surface area contributed by atoms with Crippen LogP contribution < -0.4 is 5.73 Å². The fraction of sp³-hybridized carbons (Fsp3) is 0.250. The first-order valence-corrected chi connectivity index (χ1v) is 7.13. The van der Waals surface area contributed by atoms with E-state index in [1.807, 2.05) is 0 Å². The summed E-state index contributed by atoms with van der Waals surface area (Å²) in [5.74, 6) is -0.572. The maximum Gasteiger partial charge on any atom is 0.126 e. The van der Waals surface area contributed by atoms with Gasteiger partial charge in [-0.05, 0) is 55.2 Å². The molecule has 0 aliphatic carbocycles. The third-order valence-corrected chi connectivity index (χ3v) is 3.65. The first kappa shape index (κ1) is 15.1. The second-order valence-electron chi connectivity index (χ2n) is 5.33. The lowest BCUT2D eigenvalue weighted by Crippen LogP contribution is -2.41. The summed E-state index contributed by atoms with van der Waals surface area (Å²) in [6.07, 6.45) is 0.693. The Hall–Kier alpha value is -1.26. The van der Waals surface area contributed by atoms with Crippen molar-refractivity contribution < 1.29 is 8.78 Å². The molecule has 0 fully saturated rings. The molecule has 0 saturated carbocycles. The van der Waals surface area contributed by atoms with Gasteiger partial charge in [-0.15, -0.1) is 0 Å². The van der Waals surface area contributed by atoms with E-state index in [9.17, 15) is 8.78 Å². The van der Waals surface area contributed by atoms with Gasteiger partial charge in [-0.25, -0.2) is 8.78 Å². The average Bonchev–Trinajstić information content (AvgIpc) is 2.36. The molecule has 0 bridgehead atoms. The number of benzene rings is 2. The van der Waals surface area contributed by atoms with Gasteiger partial charge in [0.25, 0.3) is 0 Å². The van der Waals surface area contributed by atoms with E-state index >= 15 is 0 Å². The SMILES string of the molecule is CC(N)(Cc1ccccc1F)Cc1cc(Br)ccc1F. The lowest BCUT2D eigenvalue weighted by molar-refractivity contribution is 0.441. The molecule has 0 saturated heterocycles. The molecule has 0 aromatic heterocycles. The van der Waals surface area contributed by atoms with Gasteiger partial charge in [0.05, 0.1) is 0 Å². The first-order valence-electron chi connectivity index (χ1n) is 6.34. The predicted molar refractivity (Wildman–Crippen MR) is 80.5 cm³/mol. The Morgan fingerprint density at radius 2 is 1.60 bits per heavy atom. The van der Waals surface area contributed by atoms with Crippen molar-refractivity contribution in [2.75, 3.05) is 0 Å². The second kappa shape index (κ2) is 6.02.